The van der Waals surface area contributed by atoms with Crippen LogP contribution in [0.2, 0.25) is 0 Å². The molecule has 0 amide bonds. The monoisotopic (exact) mass is 211 g/mol. The summed E-state index contributed by atoms with van der Waals surface area (Å²) < 4.78 is 0. The Morgan fingerprint density at radius 3 is 2.00 bits per heavy atom. The van der Waals surface area contributed by atoms with Crippen LogP contribution in [-0.2, 0) is 0 Å². The fourth-order valence-electron chi connectivity index (χ4n) is 2.84. The van der Waals surface area contributed by atoms with Crippen LogP contribution in [0.1, 0.15) is 65.7 Å². The SMILES string of the molecule is CNC(CC1CCCCCC1)C(C)(C)C. The Balaban J connectivity index is 2.42. The zero-order valence-electron chi connectivity index (χ0n) is 11.1. The van der Waals surface area contributed by atoms with Gasteiger partial charge >= 0.3 is 0 Å². The summed E-state index contributed by atoms with van der Waals surface area (Å²) >= 11 is 0. The van der Waals surface area contributed by atoms with E-state index in [4.69, 9.17) is 0 Å². The average Bonchev–Trinajstić information content (AvgIpc) is 2.40. The quantitative estimate of drug-likeness (QED) is 0.696. The normalized spacial score (nSPS) is 22.4. The van der Waals surface area contributed by atoms with Gasteiger partial charge < -0.3 is 5.32 Å². The third-order valence-corrected chi connectivity index (χ3v) is 3.94. The summed E-state index contributed by atoms with van der Waals surface area (Å²) in [6.07, 6.45) is 10.2. The van der Waals surface area contributed by atoms with E-state index in [1.54, 1.807) is 0 Å². The molecule has 1 fully saturated rings. The maximum Gasteiger partial charge on any atom is 0.0115 e. The van der Waals surface area contributed by atoms with E-state index in [1.807, 2.05) is 0 Å². The first-order valence-corrected chi connectivity index (χ1v) is 6.71. The number of rotatable bonds is 3. The van der Waals surface area contributed by atoms with Gasteiger partial charge in [-0.25, -0.2) is 0 Å². The van der Waals surface area contributed by atoms with Crippen molar-refractivity contribution in [3.63, 3.8) is 0 Å². The zero-order valence-corrected chi connectivity index (χ0v) is 11.1. The first-order valence-electron chi connectivity index (χ1n) is 6.71. The molecule has 0 bridgehead atoms. The summed E-state index contributed by atoms with van der Waals surface area (Å²) in [6, 6.07) is 0.681. The number of nitrogens with one attached hydrogen (secondary N) is 1. The highest BCUT2D eigenvalue weighted by Gasteiger charge is 2.26. The highest BCUT2D eigenvalue weighted by Crippen LogP contribution is 2.31. The van der Waals surface area contributed by atoms with E-state index in [0.717, 1.165) is 5.92 Å². The van der Waals surface area contributed by atoms with Crippen molar-refractivity contribution < 1.29 is 0 Å². The summed E-state index contributed by atoms with van der Waals surface area (Å²) in [5, 5.41) is 3.51. The van der Waals surface area contributed by atoms with Crippen molar-refractivity contribution in [2.75, 3.05) is 7.05 Å². The molecule has 0 radical (unpaired) electrons. The molecule has 0 aromatic carbocycles. The lowest BCUT2D eigenvalue weighted by Crippen LogP contribution is -2.39. The van der Waals surface area contributed by atoms with Gasteiger partial charge in [-0.2, -0.15) is 0 Å². The lowest BCUT2D eigenvalue weighted by molar-refractivity contribution is 0.226. The Morgan fingerprint density at radius 1 is 1.07 bits per heavy atom. The molecule has 1 N–H and O–H groups in total. The second-order valence-electron chi connectivity index (χ2n) is 6.30. The highest BCUT2D eigenvalue weighted by atomic mass is 14.9. The maximum atomic E-state index is 3.51. The second-order valence-corrected chi connectivity index (χ2v) is 6.30. The molecule has 0 aromatic rings. The first-order chi connectivity index (χ1) is 7.04. The van der Waals surface area contributed by atoms with Crippen LogP contribution in [0.25, 0.3) is 0 Å². The van der Waals surface area contributed by atoms with Crippen LogP contribution in [0.3, 0.4) is 0 Å². The molecule has 0 heterocycles. The Labute approximate surface area is 96.0 Å². The molecule has 1 rings (SSSR count). The van der Waals surface area contributed by atoms with Crippen LogP contribution in [0.15, 0.2) is 0 Å². The predicted octanol–water partition coefficient (Wildman–Crippen LogP) is 3.98. The van der Waals surface area contributed by atoms with Gasteiger partial charge in [0, 0.05) is 6.04 Å². The Kier molecular flexibility index (Phi) is 5.11. The summed E-state index contributed by atoms with van der Waals surface area (Å²) in [5.74, 6) is 0.976. The predicted molar refractivity (Wildman–Crippen MR) is 68.1 cm³/mol. The highest BCUT2D eigenvalue weighted by molar-refractivity contribution is 4.82. The molecular formula is C14H29N. The topological polar surface area (TPSA) is 12.0 Å². The molecule has 0 aromatic heterocycles. The molecule has 1 saturated carbocycles. The van der Waals surface area contributed by atoms with E-state index in [-0.39, 0.29) is 0 Å². The molecule has 90 valence electrons. The lowest BCUT2D eigenvalue weighted by atomic mass is 9.79. The smallest absolute Gasteiger partial charge is 0.0115 e. The molecule has 0 aliphatic heterocycles. The average molecular weight is 211 g/mol. The molecule has 15 heavy (non-hydrogen) atoms. The molecule has 0 spiro atoms. The van der Waals surface area contributed by atoms with Crippen LogP contribution in [0, 0.1) is 11.3 Å². The van der Waals surface area contributed by atoms with Crippen molar-refractivity contribution in [1.82, 2.24) is 5.32 Å². The van der Waals surface area contributed by atoms with Crippen molar-refractivity contribution in [2.45, 2.75) is 71.8 Å². The van der Waals surface area contributed by atoms with Crippen molar-refractivity contribution in [3.05, 3.63) is 0 Å². The number of hydrogen-bond acceptors (Lipinski definition) is 1. The Morgan fingerprint density at radius 2 is 1.60 bits per heavy atom. The first kappa shape index (κ1) is 13.0. The van der Waals surface area contributed by atoms with E-state index in [2.05, 4.69) is 33.1 Å². The third kappa shape index (κ3) is 4.55. The molecule has 1 heteroatoms. The van der Waals surface area contributed by atoms with Gasteiger partial charge in [-0.3, -0.25) is 0 Å². The minimum Gasteiger partial charge on any atom is -0.316 e. The summed E-state index contributed by atoms with van der Waals surface area (Å²) in [5.41, 5.74) is 0.404. The minimum atomic E-state index is 0.404. The third-order valence-electron chi connectivity index (χ3n) is 3.94. The Bertz CT molecular complexity index is 161. The largest absolute Gasteiger partial charge is 0.316 e. The van der Waals surface area contributed by atoms with E-state index in [1.165, 1.54) is 44.9 Å². The van der Waals surface area contributed by atoms with Gasteiger partial charge in [0.2, 0.25) is 0 Å². The van der Waals surface area contributed by atoms with Crippen molar-refractivity contribution in [1.29, 1.82) is 0 Å². The molecule has 1 unspecified atom stereocenters. The molecule has 1 aliphatic rings. The molecular weight excluding hydrogens is 182 g/mol. The van der Waals surface area contributed by atoms with Gasteiger partial charge in [-0.1, -0.05) is 59.3 Å². The van der Waals surface area contributed by atoms with Crippen LogP contribution < -0.4 is 5.32 Å². The minimum absolute atomic E-state index is 0.404. The van der Waals surface area contributed by atoms with Gasteiger partial charge in [0.05, 0.1) is 0 Å². The number of hydrogen-bond donors (Lipinski definition) is 1. The summed E-state index contributed by atoms with van der Waals surface area (Å²) in [6.45, 7) is 7.06. The van der Waals surface area contributed by atoms with Gasteiger partial charge in [-0.05, 0) is 24.8 Å². The zero-order chi connectivity index (χ0) is 11.3. The molecule has 1 aliphatic carbocycles. The lowest BCUT2D eigenvalue weighted by Gasteiger charge is -2.33. The molecule has 0 saturated heterocycles. The Hall–Kier alpha value is -0.0400. The van der Waals surface area contributed by atoms with Crippen LogP contribution >= 0.6 is 0 Å². The van der Waals surface area contributed by atoms with Gasteiger partial charge in [0.15, 0.2) is 0 Å². The van der Waals surface area contributed by atoms with Crippen molar-refractivity contribution in [2.24, 2.45) is 11.3 Å². The van der Waals surface area contributed by atoms with Crippen LogP contribution in [0.4, 0.5) is 0 Å². The second kappa shape index (κ2) is 5.89. The maximum absolute atomic E-state index is 3.51. The standard InChI is InChI=1S/C14H29N/c1-14(2,3)13(15-4)11-12-9-7-5-6-8-10-12/h12-13,15H,5-11H2,1-4H3. The van der Waals surface area contributed by atoms with Crippen LogP contribution in [-0.4, -0.2) is 13.1 Å². The van der Waals surface area contributed by atoms with E-state index in [9.17, 15) is 0 Å². The fraction of sp³-hybridized carbons (Fsp3) is 1.00. The van der Waals surface area contributed by atoms with Gasteiger partial charge in [0.25, 0.3) is 0 Å². The van der Waals surface area contributed by atoms with E-state index >= 15 is 0 Å². The van der Waals surface area contributed by atoms with Crippen molar-refractivity contribution >= 4 is 0 Å². The van der Waals surface area contributed by atoms with Crippen molar-refractivity contribution in [3.8, 4) is 0 Å². The van der Waals surface area contributed by atoms with E-state index < -0.39 is 0 Å². The van der Waals surface area contributed by atoms with E-state index in [0.29, 0.717) is 11.5 Å². The van der Waals surface area contributed by atoms with Crippen LogP contribution in [0.5, 0.6) is 0 Å². The fourth-order valence-corrected chi connectivity index (χ4v) is 2.84. The van der Waals surface area contributed by atoms with Gasteiger partial charge in [0.1, 0.15) is 0 Å². The summed E-state index contributed by atoms with van der Waals surface area (Å²) in [7, 11) is 2.12. The molecule has 1 atom stereocenters. The van der Waals surface area contributed by atoms with Gasteiger partial charge in [-0.15, -0.1) is 0 Å². The summed E-state index contributed by atoms with van der Waals surface area (Å²) in [4.78, 5) is 0. The molecule has 1 nitrogen and oxygen atoms in total.